The second-order valence-electron chi connectivity index (χ2n) is 5.76. The van der Waals surface area contributed by atoms with Crippen LogP contribution < -0.4 is 0 Å². The number of hydrogen-bond acceptors (Lipinski definition) is 7. The minimum atomic E-state index is -1.14. The van der Waals surface area contributed by atoms with Crippen LogP contribution in [0.15, 0.2) is 30.5 Å². The number of carbonyl (C=O) groups is 2. The van der Waals surface area contributed by atoms with Gasteiger partial charge in [-0.1, -0.05) is 29.8 Å². The number of rotatable bonds is 6. The molecule has 2 atom stereocenters. The highest BCUT2D eigenvalue weighted by molar-refractivity contribution is 5.67. The first-order chi connectivity index (χ1) is 12.2. The van der Waals surface area contributed by atoms with Crippen molar-refractivity contribution in [2.75, 3.05) is 0 Å². The highest BCUT2D eigenvalue weighted by Crippen LogP contribution is 2.36. The van der Waals surface area contributed by atoms with Gasteiger partial charge in [-0.25, -0.2) is 9.55 Å². The average Bonchev–Trinajstić information content (AvgIpc) is 2.93. The molecule has 0 bridgehead atoms. The molecule has 26 heavy (non-hydrogen) atoms. The van der Waals surface area contributed by atoms with Crippen LogP contribution in [0.5, 0.6) is 0 Å². The van der Waals surface area contributed by atoms with Gasteiger partial charge in [-0.05, 0) is 17.4 Å². The van der Waals surface area contributed by atoms with E-state index in [1.807, 2.05) is 19.1 Å². The summed E-state index contributed by atoms with van der Waals surface area (Å²) in [4.78, 5) is 37.7. The van der Waals surface area contributed by atoms with Crippen LogP contribution >= 0.6 is 0 Å². The molecule has 2 unspecified atom stereocenters. The Kier molecular flexibility index (Phi) is 5.71. The molecule has 0 aliphatic rings. The van der Waals surface area contributed by atoms with Gasteiger partial charge < -0.3 is 19.6 Å². The molecule has 9 nitrogen and oxygen atoms in total. The molecule has 1 aromatic carbocycles. The largest absolute Gasteiger partial charge is 0.453 e. The standard InChI is InChI=1S/C17H19N3O6/c1-10-5-7-13(8-6-10)15(25-11(2)21)16(26-12(3)22)17-18-9-14(19(17)4)20(23)24/h5-9,15-16H,1-4H3. The molecule has 1 aromatic heterocycles. The lowest BCUT2D eigenvalue weighted by Crippen LogP contribution is -2.24. The number of aromatic nitrogens is 2. The topological polar surface area (TPSA) is 114 Å². The molecule has 2 aromatic rings. The lowest BCUT2D eigenvalue weighted by molar-refractivity contribution is -0.392. The number of nitro groups is 1. The summed E-state index contributed by atoms with van der Waals surface area (Å²) in [5.74, 6) is -1.40. The van der Waals surface area contributed by atoms with E-state index in [-0.39, 0.29) is 11.6 Å². The molecule has 1 heterocycles. The third kappa shape index (κ3) is 4.24. The average molecular weight is 361 g/mol. The Hall–Kier alpha value is -3.23. The monoisotopic (exact) mass is 361 g/mol. The molecule has 9 heteroatoms. The molecule has 0 spiro atoms. The van der Waals surface area contributed by atoms with E-state index in [2.05, 4.69) is 4.98 Å². The Morgan fingerprint density at radius 2 is 1.65 bits per heavy atom. The third-order valence-electron chi connectivity index (χ3n) is 3.71. The van der Waals surface area contributed by atoms with Crippen molar-refractivity contribution in [3.05, 3.63) is 57.5 Å². The molecule has 0 aliphatic carbocycles. The summed E-state index contributed by atoms with van der Waals surface area (Å²) in [6, 6.07) is 7.10. The van der Waals surface area contributed by atoms with Crippen LogP contribution in [-0.2, 0) is 26.1 Å². The summed E-state index contributed by atoms with van der Waals surface area (Å²) in [6.07, 6.45) is -1.08. The van der Waals surface area contributed by atoms with Crippen molar-refractivity contribution in [1.82, 2.24) is 9.55 Å². The first-order valence-electron chi connectivity index (χ1n) is 7.77. The van der Waals surface area contributed by atoms with E-state index in [0.29, 0.717) is 5.56 Å². The van der Waals surface area contributed by atoms with Gasteiger partial charge >= 0.3 is 17.8 Å². The summed E-state index contributed by atoms with van der Waals surface area (Å²) in [6.45, 7) is 4.33. The van der Waals surface area contributed by atoms with Crippen molar-refractivity contribution in [2.45, 2.75) is 33.0 Å². The Labute approximate surface area is 149 Å². The first kappa shape index (κ1) is 19.1. The van der Waals surface area contributed by atoms with E-state index < -0.39 is 29.1 Å². The van der Waals surface area contributed by atoms with Crippen molar-refractivity contribution in [3.8, 4) is 0 Å². The third-order valence-corrected chi connectivity index (χ3v) is 3.71. The minimum Gasteiger partial charge on any atom is -0.453 e. The fourth-order valence-electron chi connectivity index (χ4n) is 2.52. The van der Waals surface area contributed by atoms with Crippen molar-refractivity contribution in [2.24, 2.45) is 7.05 Å². The molecular formula is C17H19N3O6. The summed E-state index contributed by atoms with van der Waals surface area (Å²) in [5, 5.41) is 11.1. The number of imidazole rings is 1. The normalized spacial score (nSPS) is 12.9. The molecule has 0 radical (unpaired) electrons. The number of nitrogens with zero attached hydrogens (tertiary/aromatic N) is 3. The summed E-state index contributed by atoms with van der Waals surface area (Å²) in [7, 11) is 1.43. The number of carbonyl (C=O) groups excluding carboxylic acids is 2. The molecular weight excluding hydrogens is 342 g/mol. The van der Waals surface area contributed by atoms with E-state index in [1.165, 1.54) is 25.5 Å². The molecule has 0 fully saturated rings. The Bertz CT molecular complexity index is 828. The van der Waals surface area contributed by atoms with Gasteiger partial charge in [0, 0.05) is 13.8 Å². The molecule has 138 valence electrons. The van der Waals surface area contributed by atoms with Gasteiger partial charge in [0.1, 0.15) is 6.20 Å². The van der Waals surface area contributed by atoms with Crippen LogP contribution in [0.25, 0.3) is 0 Å². The molecule has 0 aliphatic heterocycles. The SMILES string of the molecule is CC(=O)OC(c1ccc(C)cc1)C(OC(C)=O)c1ncc([N+](=O)[O-])n1C. The van der Waals surface area contributed by atoms with Gasteiger partial charge in [0.25, 0.3) is 0 Å². The fraction of sp³-hybridized carbons (Fsp3) is 0.353. The highest BCUT2D eigenvalue weighted by atomic mass is 16.6. The molecule has 0 saturated heterocycles. The predicted molar refractivity (Wildman–Crippen MR) is 90.1 cm³/mol. The maximum Gasteiger partial charge on any atom is 0.342 e. The Balaban J connectivity index is 2.56. The van der Waals surface area contributed by atoms with Crippen molar-refractivity contribution >= 4 is 17.8 Å². The predicted octanol–water partition coefficient (Wildman–Crippen LogP) is 2.55. The molecule has 0 amide bonds. The Morgan fingerprint density at radius 1 is 1.12 bits per heavy atom. The fourth-order valence-corrected chi connectivity index (χ4v) is 2.52. The zero-order valence-corrected chi connectivity index (χ0v) is 14.8. The van der Waals surface area contributed by atoms with Crippen molar-refractivity contribution in [3.63, 3.8) is 0 Å². The van der Waals surface area contributed by atoms with Crippen LogP contribution in [0.2, 0.25) is 0 Å². The lowest BCUT2D eigenvalue weighted by atomic mass is 10.0. The molecule has 0 N–H and O–H groups in total. The van der Waals surface area contributed by atoms with E-state index in [1.54, 1.807) is 12.1 Å². The molecule has 0 saturated carbocycles. The van der Waals surface area contributed by atoms with Gasteiger partial charge in [0.05, 0.1) is 7.05 Å². The van der Waals surface area contributed by atoms with Gasteiger partial charge in [-0.3, -0.25) is 9.59 Å². The molecule has 2 rings (SSSR count). The Morgan fingerprint density at radius 3 is 2.12 bits per heavy atom. The van der Waals surface area contributed by atoms with Gasteiger partial charge in [-0.2, -0.15) is 0 Å². The number of benzene rings is 1. The maximum absolute atomic E-state index is 11.6. The number of aryl methyl sites for hydroxylation is 1. The van der Waals surface area contributed by atoms with E-state index in [0.717, 1.165) is 11.8 Å². The summed E-state index contributed by atoms with van der Waals surface area (Å²) in [5.41, 5.74) is 1.56. The number of ether oxygens (including phenoxy) is 2. The van der Waals surface area contributed by atoms with Crippen LogP contribution in [0.3, 0.4) is 0 Å². The van der Waals surface area contributed by atoms with Gasteiger partial charge in [0.2, 0.25) is 11.9 Å². The van der Waals surface area contributed by atoms with Crippen molar-refractivity contribution < 1.29 is 24.0 Å². The summed E-state index contributed by atoms with van der Waals surface area (Å²) >= 11 is 0. The van der Waals surface area contributed by atoms with Crippen LogP contribution in [0.1, 0.15) is 43.0 Å². The lowest BCUT2D eigenvalue weighted by Gasteiger charge is -2.25. The smallest absolute Gasteiger partial charge is 0.342 e. The van der Waals surface area contributed by atoms with Crippen LogP contribution in [0, 0.1) is 17.0 Å². The summed E-state index contributed by atoms with van der Waals surface area (Å²) < 4.78 is 11.9. The zero-order chi connectivity index (χ0) is 19.4. The zero-order valence-electron chi connectivity index (χ0n) is 14.8. The van der Waals surface area contributed by atoms with Gasteiger partial charge in [-0.15, -0.1) is 0 Å². The number of esters is 2. The highest BCUT2D eigenvalue weighted by Gasteiger charge is 2.37. The van der Waals surface area contributed by atoms with Crippen LogP contribution in [-0.4, -0.2) is 26.4 Å². The minimum absolute atomic E-state index is 0.0960. The van der Waals surface area contributed by atoms with Crippen LogP contribution in [0.4, 0.5) is 5.82 Å². The quantitative estimate of drug-likeness (QED) is 0.441. The maximum atomic E-state index is 11.6. The second-order valence-corrected chi connectivity index (χ2v) is 5.76. The second kappa shape index (κ2) is 7.77. The first-order valence-corrected chi connectivity index (χ1v) is 7.77. The van der Waals surface area contributed by atoms with E-state index in [4.69, 9.17) is 9.47 Å². The van der Waals surface area contributed by atoms with Gasteiger partial charge in [0.15, 0.2) is 6.10 Å². The van der Waals surface area contributed by atoms with E-state index in [9.17, 15) is 19.7 Å². The van der Waals surface area contributed by atoms with Crippen molar-refractivity contribution in [1.29, 1.82) is 0 Å². The number of hydrogen-bond donors (Lipinski definition) is 0. The van der Waals surface area contributed by atoms with E-state index >= 15 is 0 Å².